The first kappa shape index (κ1) is 9.38. The Morgan fingerprint density at radius 2 is 2.08 bits per heavy atom. The fraction of sp³-hybridized carbons (Fsp3) is 0.800. The highest BCUT2D eigenvalue weighted by Crippen LogP contribution is 2.26. The van der Waals surface area contributed by atoms with E-state index in [4.69, 9.17) is 0 Å². The van der Waals surface area contributed by atoms with E-state index in [-0.39, 0.29) is 0 Å². The maximum absolute atomic E-state index is 3.58. The summed E-state index contributed by atoms with van der Waals surface area (Å²) in [5.74, 6) is 0.915. The number of nitrogens with one attached hydrogen (secondary N) is 1. The van der Waals surface area contributed by atoms with Crippen LogP contribution in [-0.4, -0.2) is 16.5 Å². The maximum atomic E-state index is 3.58. The summed E-state index contributed by atoms with van der Waals surface area (Å²) in [6.07, 6.45) is 11.3. The molecule has 0 spiro atoms. The number of hydrogen-bond donors (Lipinski definition) is 1. The van der Waals surface area contributed by atoms with E-state index in [9.17, 15) is 0 Å². The first-order valence-corrected chi connectivity index (χ1v) is 6.10. The van der Waals surface area contributed by atoms with Crippen LogP contribution in [0.3, 0.4) is 0 Å². The smallest absolute Gasteiger partial charge is 0.156 e. The summed E-state index contributed by atoms with van der Waals surface area (Å²) < 4.78 is 0. The van der Waals surface area contributed by atoms with Gasteiger partial charge in [0.2, 0.25) is 0 Å². The fourth-order valence-electron chi connectivity index (χ4n) is 2.21. The zero-order chi connectivity index (χ0) is 9.10. The molecule has 1 aliphatic carbocycles. The molecule has 0 bridgehead atoms. The molecule has 13 heavy (non-hydrogen) atoms. The van der Waals surface area contributed by atoms with E-state index >= 15 is 0 Å². The predicted molar refractivity (Wildman–Crippen MR) is 58.3 cm³/mol. The Morgan fingerprint density at radius 3 is 2.69 bits per heavy atom. The minimum atomic E-state index is 0.328. The van der Waals surface area contributed by atoms with Gasteiger partial charge in [-0.05, 0) is 34.7 Å². The molecule has 1 unspecified atom stereocenters. The largest absolute Gasteiger partial charge is 0.361 e. The van der Waals surface area contributed by atoms with Crippen molar-refractivity contribution in [2.45, 2.75) is 37.2 Å². The number of rotatable bonds is 2. The van der Waals surface area contributed by atoms with Gasteiger partial charge in [-0.3, -0.25) is 0 Å². The summed E-state index contributed by atoms with van der Waals surface area (Å²) in [6, 6.07) is 0. The predicted octanol–water partition coefficient (Wildman–Crippen LogP) is 2.62. The summed E-state index contributed by atoms with van der Waals surface area (Å²) in [4.78, 5) is 2.34. The van der Waals surface area contributed by atoms with Crippen molar-refractivity contribution in [1.82, 2.24) is 10.2 Å². The second-order valence-electron chi connectivity index (χ2n) is 4.02. The summed E-state index contributed by atoms with van der Waals surface area (Å²) >= 11 is 3.58. The van der Waals surface area contributed by atoms with Gasteiger partial charge in [0.15, 0.2) is 5.08 Å². The topological polar surface area (TPSA) is 15.3 Å². The van der Waals surface area contributed by atoms with Crippen LogP contribution >= 0.6 is 15.9 Å². The third-order valence-corrected chi connectivity index (χ3v) is 3.78. The third kappa shape index (κ3) is 2.39. The first-order chi connectivity index (χ1) is 6.36. The molecule has 2 aliphatic rings. The van der Waals surface area contributed by atoms with Crippen LogP contribution in [0.5, 0.6) is 0 Å². The van der Waals surface area contributed by atoms with Crippen molar-refractivity contribution in [2.75, 3.05) is 6.54 Å². The highest BCUT2D eigenvalue weighted by Gasteiger charge is 2.20. The van der Waals surface area contributed by atoms with Crippen molar-refractivity contribution in [3.8, 4) is 0 Å². The monoisotopic (exact) mass is 244 g/mol. The summed E-state index contributed by atoms with van der Waals surface area (Å²) in [7, 11) is 0. The molecular formula is C10H17BrN2. The van der Waals surface area contributed by atoms with Gasteiger partial charge in [0.25, 0.3) is 0 Å². The maximum Gasteiger partial charge on any atom is 0.156 e. The molecule has 1 N–H and O–H groups in total. The van der Waals surface area contributed by atoms with E-state index in [2.05, 4.69) is 32.3 Å². The molecule has 2 rings (SSSR count). The Morgan fingerprint density at radius 1 is 1.31 bits per heavy atom. The van der Waals surface area contributed by atoms with Crippen LogP contribution in [0.4, 0.5) is 0 Å². The van der Waals surface area contributed by atoms with Gasteiger partial charge in [0, 0.05) is 18.9 Å². The van der Waals surface area contributed by atoms with E-state index in [1.54, 1.807) is 0 Å². The summed E-state index contributed by atoms with van der Waals surface area (Å²) in [6.45, 7) is 1.21. The molecule has 0 saturated heterocycles. The Kier molecular flexibility index (Phi) is 3.14. The van der Waals surface area contributed by atoms with Crippen molar-refractivity contribution < 1.29 is 0 Å². The first-order valence-electron chi connectivity index (χ1n) is 5.19. The van der Waals surface area contributed by atoms with E-state index in [1.807, 2.05) is 6.20 Å². The van der Waals surface area contributed by atoms with Gasteiger partial charge in [-0.2, -0.15) is 0 Å². The lowest BCUT2D eigenvalue weighted by Gasteiger charge is -2.28. The molecule has 2 nitrogen and oxygen atoms in total. The van der Waals surface area contributed by atoms with Crippen LogP contribution in [0, 0.1) is 5.92 Å². The fourth-order valence-corrected chi connectivity index (χ4v) is 2.67. The van der Waals surface area contributed by atoms with Crippen molar-refractivity contribution in [2.24, 2.45) is 5.92 Å². The summed E-state index contributed by atoms with van der Waals surface area (Å²) in [5, 5.41) is 3.55. The lowest BCUT2D eigenvalue weighted by Crippen LogP contribution is -2.33. The van der Waals surface area contributed by atoms with E-state index in [1.165, 1.54) is 38.6 Å². The van der Waals surface area contributed by atoms with E-state index in [0.717, 1.165) is 5.92 Å². The van der Waals surface area contributed by atoms with Gasteiger partial charge in [-0.1, -0.05) is 19.3 Å². The second kappa shape index (κ2) is 4.36. The van der Waals surface area contributed by atoms with Gasteiger partial charge in [-0.15, -0.1) is 0 Å². The minimum absolute atomic E-state index is 0.328. The molecule has 1 aliphatic heterocycles. The summed E-state index contributed by atoms with van der Waals surface area (Å²) in [5.41, 5.74) is 0. The molecule has 0 aromatic carbocycles. The Bertz CT molecular complexity index is 187. The SMILES string of the molecule is BrC1NC=CN1CC1CCCCC1. The second-order valence-corrected chi connectivity index (χ2v) is 4.89. The van der Waals surface area contributed by atoms with Crippen LogP contribution < -0.4 is 5.32 Å². The molecule has 0 radical (unpaired) electrons. The zero-order valence-corrected chi connectivity index (χ0v) is 9.46. The van der Waals surface area contributed by atoms with Gasteiger partial charge in [0.1, 0.15) is 0 Å². The third-order valence-electron chi connectivity index (χ3n) is 2.98. The highest BCUT2D eigenvalue weighted by molar-refractivity contribution is 9.09. The van der Waals surface area contributed by atoms with E-state index in [0.29, 0.717) is 5.08 Å². The average molecular weight is 245 g/mol. The molecule has 1 atom stereocenters. The van der Waals surface area contributed by atoms with Crippen LogP contribution in [0.25, 0.3) is 0 Å². The van der Waals surface area contributed by atoms with Crippen LogP contribution in [0.2, 0.25) is 0 Å². The standard InChI is InChI=1S/C10H17BrN2/c11-10-12-6-7-13(10)8-9-4-2-1-3-5-9/h6-7,9-10,12H,1-5,8H2. The number of alkyl halides is 1. The molecule has 3 heteroatoms. The quantitative estimate of drug-likeness (QED) is 0.594. The van der Waals surface area contributed by atoms with Gasteiger partial charge < -0.3 is 10.2 Å². The van der Waals surface area contributed by atoms with Crippen molar-refractivity contribution in [3.63, 3.8) is 0 Å². The van der Waals surface area contributed by atoms with Crippen molar-refractivity contribution >= 4 is 15.9 Å². The Hall–Kier alpha value is -0.180. The zero-order valence-electron chi connectivity index (χ0n) is 7.88. The lowest BCUT2D eigenvalue weighted by atomic mass is 9.89. The van der Waals surface area contributed by atoms with Gasteiger partial charge >= 0.3 is 0 Å². The molecule has 0 aromatic heterocycles. The molecule has 0 amide bonds. The highest BCUT2D eigenvalue weighted by atomic mass is 79.9. The molecule has 0 aromatic rings. The number of hydrogen-bond acceptors (Lipinski definition) is 2. The average Bonchev–Trinajstić information content (AvgIpc) is 2.54. The Balaban J connectivity index is 1.79. The van der Waals surface area contributed by atoms with Gasteiger partial charge in [0.05, 0.1) is 0 Å². The lowest BCUT2D eigenvalue weighted by molar-refractivity contribution is 0.251. The molecule has 1 saturated carbocycles. The molecular weight excluding hydrogens is 228 g/mol. The number of nitrogens with zero attached hydrogens (tertiary/aromatic N) is 1. The van der Waals surface area contributed by atoms with Crippen LogP contribution in [0.15, 0.2) is 12.4 Å². The van der Waals surface area contributed by atoms with Crippen molar-refractivity contribution in [3.05, 3.63) is 12.4 Å². The van der Waals surface area contributed by atoms with E-state index < -0.39 is 0 Å². The normalized spacial score (nSPS) is 29.3. The molecule has 1 fully saturated rings. The molecule has 1 heterocycles. The Labute approximate surface area is 88.5 Å². The van der Waals surface area contributed by atoms with Crippen LogP contribution in [0.1, 0.15) is 32.1 Å². The number of halogens is 1. The van der Waals surface area contributed by atoms with Crippen molar-refractivity contribution in [1.29, 1.82) is 0 Å². The van der Waals surface area contributed by atoms with Gasteiger partial charge in [-0.25, -0.2) is 0 Å². The molecule has 74 valence electrons. The minimum Gasteiger partial charge on any atom is -0.361 e. The van der Waals surface area contributed by atoms with Crippen LogP contribution in [-0.2, 0) is 0 Å².